The number of hydrogen-bond acceptors (Lipinski definition) is 6. The molecule has 0 spiro atoms. The number of aromatic nitrogens is 1. The molecule has 0 saturated heterocycles. The molecule has 0 aliphatic carbocycles. The number of nitrogens with zero attached hydrogens (tertiary/aromatic N) is 1. The third-order valence-corrected chi connectivity index (χ3v) is 8.00. The Morgan fingerprint density at radius 3 is 1.82 bits per heavy atom. The first-order chi connectivity index (χ1) is 19.5. The van der Waals surface area contributed by atoms with Crippen molar-refractivity contribution in [2.75, 3.05) is 33.5 Å². The summed E-state index contributed by atoms with van der Waals surface area (Å²) in [5.41, 5.74) is 0. The lowest BCUT2D eigenvalue weighted by molar-refractivity contribution is -0.697. The molecule has 232 valence electrons. The summed E-state index contributed by atoms with van der Waals surface area (Å²) >= 11 is 0. The van der Waals surface area contributed by atoms with E-state index in [0.717, 1.165) is 12.8 Å². The first-order valence-corrected chi connectivity index (χ1v) is 17.1. The lowest BCUT2D eigenvalue weighted by atomic mass is 10.0. The number of phosphoric acid groups is 1. The van der Waals surface area contributed by atoms with E-state index in [1.807, 2.05) is 35.2 Å². The van der Waals surface area contributed by atoms with Crippen LogP contribution < -0.4 is 4.57 Å². The van der Waals surface area contributed by atoms with Gasteiger partial charge in [-0.25, -0.2) is 9.13 Å². The number of pyridine rings is 1. The number of phosphoric ester groups is 1. The first kappa shape index (κ1) is 36.9. The lowest BCUT2D eigenvalue weighted by Gasteiger charge is -2.17. The van der Waals surface area contributed by atoms with Gasteiger partial charge in [0.2, 0.25) is 0 Å². The van der Waals surface area contributed by atoms with Gasteiger partial charge in [0.05, 0.1) is 13.2 Å². The maximum Gasteiger partial charge on any atom is 0.472 e. The molecule has 0 amide bonds. The fraction of sp³-hybridized carbons (Fsp3) is 0.806. The summed E-state index contributed by atoms with van der Waals surface area (Å²) in [5.74, 6) is 0.0655. The van der Waals surface area contributed by atoms with Gasteiger partial charge in [-0.1, -0.05) is 109 Å². The van der Waals surface area contributed by atoms with E-state index >= 15 is 0 Å². The molecule has 40 heavy (non-hydrogen) atoms. The van der Waals surface area contributed by atoms with Crippen LogP contribution in [0.5, 0.6) is 0 Å². The van der Waals surface area contributed by atoms with Crippen molar-refractivity contribution in [3.05, 3.63) is 30.6 Å². The van der Waals surface area contributed by atoms with Gasteiger partial charge in [-0.15, -0.1) is 0 Å². The molecule has 1 heterocycles. The van der Waals surface area contributed by atoms with Crippen molar-refractivity contribution in [3.8, 4) is 0 Å². The molecule has 2 unspecified atom stereocenters. The number of ether oxygens (including phenoxy) is 2. The SMILES string of the molecule is CCCCCCCCCCCCCCCCCCC(=O)COCC(COP(=O)(O)OCC[n+]1ccccc1)OC. The van der Waals surface area contributed by atoms with E-state index in [2.05, 4.69) is 6.92 Å². The fourth-order valence-corrected chi connectivity index (χ4v) is 5.23. The van der Waals surface area contributed by atoms with Gasteiger partial charge < -0.3 is 14.4 Å². The third kappa shape index (κ3) is 22.5. The standard InChI is InChI=1S/C31H56NO7P/c1-3-4-5-6-7-8-9-10-11-12-13-14-15-16-17-19-22-30(33)27-37-28-31(36-2)29-39-40(34,35)38-26-25-32-23-20-18-21-24-32/h18,20-21,23-24,31H,3-17,19,22,25-29H2,1-2H3/p+1. The zero-order chi connectivity index (χ0) is 29.2. The maximum absolute atomic E-state index is 12.1. The number of rotatable bonds is 29. The molecule has 0 fully saturated rings. The Morgan fingerprint density at radius 2 is 1.30 bits per heavy atom. The van der Waals surface area contributed by atoms with Crippen molar-refractivity contribution >= 4 is 13.6 Å². The number of ketones is 1. The molecule has 1 N–H and O–H groups in total. The third-order valence-electron chi connectivity index (χ3n) is 7.01. The summed E-state index contributed by atoms with van der Waals surface area (Å²) in [6.45, 7) is 2.67. The Hall–Kier alpha value is -1.15. The average molecular weight is 587 g/mol. The highest BCUT2D eigenvalue weighted by atomic mass is 31.2. The largest absolute Gasteiger partial charge is 0.472 e. The minimum absolute atomic E-state index is 0.0141. The van der Waals surface area contributed by atoms with Gasteiger partial charge in [-0.3, -0.25) is 13.8 Å². The van der Waals surface area contributed by atoms with E-state index in [-0.39, 0.29) is 32.2 Å². The second-order valence-electron chi connectivity index (χ2n) is 10.7. The molecule has 0 bridgehead atoms. The molecule has 0 aliphatic rings. The van der Waals surface area contributed by atoms with Gasteiger partial charge in [-0.2, -0.15) is 0 Å². The number of unbranched alkanes of at least 4 members (excludes halogenated alkanes) is 15. The summed E-state index contributed by atoms with van der Waals surface area (Å²) < 4.78 is 34.7. The number of hydrogen-bond donors (Lipinski definition) is 1. The number of Topliss-reactive ketones (excluding diaryl/α,β-unsaturated/α-hetero) is 1. The predicted octanol–water partition coefficient (Wildman–Crippen LogP) is 7.36. The Balaban J connectivity index is 1.93. The van der Waals surface area contributed by atoms with Crippen molar-refractivity contribution in [2.45, 2.75) is 129 Å². The van der Waals surface area contributed by atoms with E-state index < -0.39 is 13.9 Å². The quantitative estimate of drug-likeness (QED) is 0.0595. The van der Waals surface area contributed by atoms with Gasteiger partial charge in [0.25, 0.3) is 0 Å². The summed E-state index contributed by atoms with van der Waals surface area (Å²) in [6, 6.07) is 5.62. The topological polar surface area (TPSA) is 95.2 Å². The first-order valence-electron chi connectivity index (χ1n) is 15.6. The highest BCUT2D eigenvalue weighted by Crippen LogP contribution is 2.43. The Morgan fingerprint density at radius 1 is 0.775 bits per heavy atom. The van der Waals surface area contributed by atoms with Crippen LogP contribution in [-0.4, -0.2) is 50.3 Å². The van der Waals surface area contributed by atoms with Crippen LogP contribution in [-0.2, 0) is 34.4 Å². The Kier molecular flexibility index (Phi) is 23.6. The van der Waals surface area contributed by atoms with Crippen LogP contribution in [0.25, 0.3) is 0 Å². The van der Waals surface area contributed by atoms with Crippen LogP contribution in [0.4, 0.5) is 0 Å². The minimum Gasteiger partial charge on any atom is -0.377 e. The van der Waals surface area contributed by atoms with E-state index in [1.54, 1.807) is 0 Å². The zero-order valence-electron chi connectivity index (χ0n) is 25.3. The summed E-state index contributed by atoms with van der Waals surface area (Å²) in [5, 5.41) is 0. The predicted molar refractivity (Wildman–Crippen MR) is 159 cm³/mol. The molecular formula is C31H57NO7P+. The highest BCUT2D eigenvalue weighted by Gasteiger charge is 2.24. The maximum atomic E-state index is 12.1. The summed E-state index contributed by atoms with van der Waals surface area (Å²) in [4.78, 5) is 22.0. The van der Waals surface area contributed by atoms with Gasteiger partial charge in [-0.05, 0) is 6.42 Å². The van der Waals surface area contributed by atoms with Crippen LogP contribution in [0.3, 0.4) is 0 Å². The minimum atomic E-state index is -4.20. The monoisotopic (exact) mass is 586 g/mol. The molecule has 1 aromatic rings. The van der Waals surface area contributed by atoms with Gasteiger partial charge in [0.1, 0.15) is 19.3 Å². The number of methoxy groups -OCH3 is 1. The molecular weight excluding hydrogens is 529 g/mol. The van der Waals surface area contributed by atoms with Crippen molar-refractivity contribution in [3.63, 3.8) is 0 Å². The summed E-state index contributed by atoms with van der Waals surface area (Å²) in [6.07, 6.45) is 24.5. The molecule has 1 aromatic heterocycles. The van der Waals surface area contributed by atoms with E-state index in [9.17, 15) is 14.3 Å². The van der Waals surface area contributed by atoms with Crippen molar-refractivity contribution in [1.82, 2.24) is 0 Å². The summed E-state index contributed by atoms with van der Waals surface area (Å²) in [7, 11) is -2.74. The fourth-order valence-electron chi connectivity index (χ4n) is 4.49. The highest BCUT2D eigenvalue weighted by molar-refractivity contribution is 7.47. The van der Waals surface area contributed by atoms with Gasteiger partial charge in [0, 0.05) is 25.7 Å². The molecule has 0 aromatic carbocycles. The molecule has 0 aliphatic heterocycles. The molecule has 8 nitrogen and oxygen atoms in total. The molecule has 0 radical (unpaired) electrons. The van der Waals surface area contributed by atoms with Gasteiger partial charge >= 0.3 is 7.82 Å². The zero-order valence-corrected chi connectivity index (χ0v) is 26.2. The lowest BCUT2D eigenvalue weighted by Crippen LogP contribution is -2.34. The second kappa shape index (κ2) is 25.6. The van der Waals surface area contributed by atoms with E-state index in [1.165, 1.54) is 97.0 Å². The molecule has 0 saturated carbocycles. The normalized spacial score (nSPS) is 13.8. The van der Waals surface area contributed by atoms with Crippen molar-refractivity contribution in [2.24, 2.45) is 0 Å². The van der Waals surface area contributed by atoms with E-state index in [0.29, 0.717) is 13.0 Å². The second-order valence-corrected chi connectivity index (χ2v) is 12.1. The van der Waals surface area contributed by atoms with Crippen LogP contribution in [0.15, 0.2) is 30.6 Å². The molecule has 9 heteroatoms. The Bertz CT molecular complexity index is 765. The van der Waals surface area contributed by atoms with E-state index in [4.69, 9.17) is 18.5 Å². The van der Waals surface area contributed by atoms with Crippen LogP contribution in [0.1, 0.15) is 116 Å². The average Bonchev–Trinajstić information content (AvgIpc) is 2.95. The Labute approximate surface area is 243 Å². The van der Waals surface area contributed by atoms with Crippen LogP contribution in [0.2, 0.25) is 0 Å². The van der Waals surface area contributed by atoms with Crippen LogP contribution in [0, 0.1) is 0 Å². The number of carbonyl (C=O) groups excluding carboxylic acids is 1. The van der Waals surface area contributed by atoms with Crippen molar-refractivity contribution < 1.29 is 37.3 Å². The molecule has 1 rings (SSSR count). The van der Waals surface area contributed by atoms with Crippen molar-refractivity contribution in [1.29, 1.82) is 0 Å². The molecule has 2 atom stereocenters. The van der Waals surface area contributed by atoms with Crippen LogP contribution >= 0.6 is 7.82 Å². The number of carbonyl (C=O) groups is 1. The van der Waals surface area contributed by atoms with Gasteiger partial charge in [0.15, 0.2) is 24.7 Å². The smallest absolute Gasteiger partial charge is 0.377 e.